The number of ether oxygens (including phenoxy) is 1. The van der Waals surface area contributed by atoms with E-state index in [1.165, 1.54) is 0 Å². The molecule has 3 nitrogen and oxygen atoms in total. The summed E-state index contributed by atoms with van der Waals surface area (Å²) < 4.78 is 6.02. The highest BCUT2D eigenvalue weighted by Crippen LogP contribution is 2.32. The lowest BCUT2D eigenvalue weighted by Crippen LogP contribution is -2.28. The highest BCUT2D eigenvalue weighted by Gasteiger charge is 2.29. The third-order valence-corrected chi connectivity index (χ3v) is 4.58. The van der Waals surface area contributed by atoms with E-state index in [1.807, 2.05) is 78.9 Å². The molecule has 0 unspecified atom stereocenters. The molecule has 0 aliphatic rings. The highest BCUT2D eigenvalue weighted by molar-refractivity contribution is 5.81. The van der Waals surface area contributed by atoms with Crippen LogP contribution in [0.1, 0.15) is 25.0 Å². The second-order valence-electron chi connectivity index (χ2n) is 6.78. The Morgan fingerprint density at radius 1 is 0.885 bits per heavy atom. The lowest BCUT2D eigenvalue weighted by atomic mass is 9.84. The maximum atomic E-state index is 11.4. The number of carboxylic acid groups (broad SMARTS) is 1. The van der Waals surface area contributed by atoms with Crippen molar-refractivity contribution >= 4 is 5.97 Å². The van der Waals surface area contributed by atoms with Crippen molar-refractivity contribution < 1.29 is 14.6 Å². The molecular formula is C23H22O3. The average molecular weight is 346 g/mol. The van der Waals surface area contributed by atoms with E-state index in [-0.39, 0.29) is 0 Å². The summed E-state index contributed by atoms with van der Waals surface area (Å²) in [5.41, 5.74) is 2.96. The molecule has 0 atom stereocenters. The van der Waals surface area contributed by atoms with Gasteiger partial charge in [-0.05, 0) is 36.6 Å². The zero-order valence-corrected chi connectivity index (χ0v) is 15.0. The number of hydrogen-bond donors (Lipinski definition) is 1. The van der Waals surface area contributed by atoms with E-state index in [4.69, 9.17) is 4.74 Å². The molecule has 0 fully saturated rings. The SMILES string of the molecule is CC(C)(C(=O)O)c1ccc(-c2ccccc2OCc2ccccc2)cc1. The van der Waals surface area contributed by atoms with Crippen LogP contribution in [0, 0.1) is 0 Å². The smallest absolute Gasteiger partial charge is 0.313 e. The summed E-state index contributed by atoms with van der Waals surface area (Å²) in [7, 11) is 0. The predicted octanol–water partition coefficient (Wildman–Crippen LogP) is 5.29. The third-order valence-electron chi connectivity index (χ3n) is 4.58. The molecule has 0 aliphatic heterocycles. The first-order valence-electron chi connectivity index (χ1n) is 8.58. The Balaban J connectivity index is 1.84. The molecule has 3 heteroatoms. The fraction of sp³-hybridized carbons (Fsp3) is 0.174. The van der Waals surface area contributed by atoms with Gasteiger partial charge in [-0.2, -0.15) is 0 Å². The average Bonchev–Trinajstić information content (AvgIpc) is 2.67. The summed E-state index contributed by atoms with van der Waals surface area (Å²) in [6, 6.07) is 25.6. The fourth-order valence-electron chi connectivity index (χ4n) is 2.76. The Morgan fingerprint density at radius 3 is 2.15 bits per heavy atom. The first-order valence-corrected chi connectivity index (χ1v) is 8.58. The number of rotatable bonds is 6. The van der Waals surface area contributed by atoms with E-state index >= 15 is 0 Å². The van der Waals surface area contributed by atoms with Gasteiger partial charge in [0.15, 0.2) is 0 Å². The first-order chi connectivity index (χ1) is 12.5. The lowest BCUT2D eigenvalue weighted by Gasteiger charge is -2.20. The minimum absolute atomic E-state index is 0.502. The lowest BCUT2D eigenvalue weighted by molar-refractivity contribution is -0.142. The van der Waals surface area contributed by atoms with E-state index < -0.39 is 11.4 Å². The van der Waals surface area contributed by atoms with Gasteiger partial charge in [0.1, 0.15) is 12.4 Å². The van der Waals surface area contributed by atoms with E-state index in [1.54, 1.807) is 13.8 Å². The van der Waals surface area contributed by atoms with E-state index in [9.17, 15) is 9.90 Å². The highest BCUT2D eigenvalue weighted by atomic mass is 16.5. The van der Waals surface area contributed by atoms with Crippen LogP contribution < -0.4 is 4.74 Å². The van der Waals surface area contributed by atoms with Gasteiger partial charge < -0.3 is 9.84 Å². The molecule has 132 valence electrons. The van der Waals surface area contributed by atoms with Crippen LogP contribution in [0.3, 0.4) is 0 Å². The minimum atomic E-state index is -0.915. The van der Waals surface area contributed by atoms with E-state index in [0.29, 0.717) is 6.61 Å². The van der Waals surface area contributed by atoms with Crippen LogP contribution in [0.15, 0.2) is 78.9 Å². The van der Waals surface area contributed by atoms with Crippen molar-refractivity contribution in [1.29, 1.82) is 0 Å². The zero-order chi connectivity index (χ0) is 18.6. The molecule has 0 aromatic heterocycles. The van der Waals surface area contributed by atoms with Crippen LogP contribution in [0.2, 0.25) is 0 Å². The third kappa shape index (κ3) is 3.77. The van der Waals surface area contributed by atoms with Crippen LogP contribution >= 0.6 is 0 Å². The Kier molecular flexibility index (Phi) is 5.08. The second kappa shape index (κ2) is 7.44. The Bertz CT molecular complexity index is 881. The largest absolute Gasteiger partial charge is 0.488 e. The maximum Gasteiger partial charge on any atom is 0.313 e. The normalized spacial score (nSPS) is 11.2. The molecule has 3 aromatic rings. The summed E-state index contributed by atoms with van der Waals surface area (Å²) in [6.45, 7) is 3.92. The molecule has 0 radical (unpaired) electrons. The minimum Gasteiger partial charge on any atom is -0.488 e. The van der Waals surface area contributed by atoms with Crippen molar-refractivity contribution in [2.45, 2.75) is 25.9 Å². The summed E-state index contributed by atoms with van der Waals surface area (Å²) in [5.74, 6) is -0.0292. The molecule has 0 heterocycles. The van der Waals surface area contributed by atoms with Gasteiger partial charge in [0.25, 0.3) is 0 Å². The monoisotopic (exact) mass is 346 g/mol. The first kappa shape index (κ1) is 17.7. The van der Waals surface area contributed by atoms with Gasteiger partial charge in [-0.25, -0.2) is 0 Å². The van der Waals surface area contributed by atoms with E-state index in [0.717, 1.165) is 28.0 Å². The van der Waals surface area contributed by atoms with Gasteiger partial charge in [0, 0.05) is 5.56 Å². The number of benzene rings is 3. The molecule has 0 amide bonds. The molecule has 3 rings (SSSR count). The summed E-state index contributed by atoms with van der Waals surface area (Å²) in [4.78, 5) is 11.4. The van der Waals surface area contributed by atoms with Gasteiger partial charge in [0.2, 0.25) is 0 Å². The van der Waals surface area contributed by atoms with Gasteiger partial charge in [-0.3, -0.25) is 4.79 Å². The Labute approximate surface area is 153 Å². The molecule has 3 aromatic carbocycles. The number of carboxylic acids is 1. The quantitative estimate of drug-likeness (QED) is 0.659. The molecule has 26 heavy (non-hydrogen) atoms. The summed E-state index contributed by atoms with van der Waals surface area (Å²) in [6.07, 6.45) is 0. The van der Waals surface area contributed by atoms with Gasteiger partial charge in [0.05, 0.1) is 5.41 Å². The maximum absolute atomic E-state index is 11.4. The van der Waals surface area contributed by atoms with Crippen LogP contribution in [0.25, 0.3) is 11.1 Å². The molecule has 0 saturated carbocycles. The molecule has 1 N–H and O–H groups in total. The Morgan fingerprint density at radius 2 is 1.50 bits per heavy atom. The van der Waals surface area contributed by atoms with Gasteiger partial charge >= 0.3 is 5.97 Å². The van der Waals surface area contributed by atoms with Crippen LogP contribution in [-0.4, -0.2) is 11.1 Å². The topological polar surface area (TPSA) is 46.5 Å². The Hall–Kier alpha value is -3.07. The standard InChI is InChI=1S/C23H22O3/c1-23(2,22(24)25)19-14-12-18(13-15-19)20-10-6-7-11-21(20)26-16-17-8-4-3-5-9-17/h3-15H,16H2,1-2H3,(H,24,25). The summed E-state index contributed by atoms with van der Waals surface area (Å²) >= 11 is 0. The van der Waals surface area contributed by atoms with Crippen LogP contribution in [0.4, 0.5) is 0 Å². The number of para-hydroxylation sites is 1. The van der Waals surface area contributed by atoms with Crippen molar-refractivity contribution in [2.24, 2.45) is 0 Å². The van der Waals surface area contributed by atoms with E-state index in [2.05, 4.69) is 0 Å². The molecule has 0 saturated heterocycles. The number of aliphatic carboxylic acids is 1. The predicted molar refractivity (Wildman–Crippen MR) is 103 cm³/mol. The van der Waals surface area contributed by atoms with Crippen molar-refractivity contribution in [2.75, 3.05) is 0 Å². The molecule has 0 bridgehead atoms. The number of carbonyl (C=O) groups is 1. The van der Waals surface area contributed by atoms with Gasteiger partial charge in [-0.1, -0.05) is 72.8 Å². The van der Waals surface area contributed by atoms with Crippen LogP contribution in [-0.2, 0) is 16.8 Å². The van der Waals surface area contributed by atoms with Gasteiger partial charge in [-0.15, -0.1) is 0 Å². The van der Waals surface area contributed by atoms with Crippen LogP contribution in [0.5, 0.6) is 5.75 Å². The summed E-state index contributed by atoms with van der Waals surface area (Å²) in [5, 5.41) is 9.38. The van der Waals surface area contributed by atoms with Crippen molar-refractivity contribution in [3.63, 3.8) is 0 Å². The van der Waals surface area contributed by atoms with Crippen molar-refractivity contribution in [3.8, 4) is 16.9 Å². The second-order valence-corrected chi connectivity index (χ2v) is 6.78. The molecule has 0 aliphatic carbocycles. The van der Waals surface area contributed by atoms with Crippen molar-refractivity contribution in [3.05, 3.63) is 90.0 Å². The number of hydrogen-bond acceptors (Lipinski definition) is 2. The molecular weight excluding hydrogens is 324 g/mol. The van der Waals surface area contributed by atoms with Crippen molar-refractivity contribution in [1.82, 2.24) is 0 Å². The molecule has 0 spiro atoms. The zero-order valence-electron chi connectivity index (χ0n) is 15.0. The fourth-order valence-corrected chi connectivity index (χ4v) is 2.76.